The van der Waals surface area contributed by atoms with Gasteiger partial charge in [-0.1, -0.05) is 18.2 Å². The van der Waals surface area contributed by atoms with Crippen molar-refractivity contribution in [3.63, 3.8) is 0 Å². The number of methoxy groups -OCH3 is 1. The molecule has 1 heterocycles. The second-order valence-corrected chi connectivity index (χ2v) is 5.15. The predicted molar refractivity (Wildman–Crippen MR) is 87.6 cm³/mol. The molecule has 0 aliphatic heterocycles. The monoisotopic (exact) mass is 315 g/mol. The van der Waals surface area contributed by atoms with Crippen LogP contribution >= 0.6 is 0 Å². The molecule has 0 radical (unpaired) electrons. The van der Waals surface area contributed by atoms with Crippen LogP contribution < -0.4 is 15.4 Å². The van der Waals surface area contributed by atoms with E-state index in [1.165, 1.54) is 0 Å². The number of nitrogens with one attached hydrogen (secondary N) is 2. The van der Waals surface area contributed by atoms with Gasteiger partial charge in [0.1, 0.15) is 5.75 Å². The first-order valence-corrected chi connectivity index (χ1v) is 7.38. The number of hydrogen-bond donors (Lipinski definition) is 3. The van der Waals surface area contributed by atoms with Gasteiger partial charge >= 0.3 is 6.03 Å². The number of aromatic nitrogens is 1. The number of urea groups is 1. The van der Waals surface area contributed by atoms with Crippen LogP contribution in [-0.4, -0.2) is 29.8 Å². The largest absolute Gasteiger partial charge is 0.508 e. The third kappa shape index (κ3) is 5.18. The lowest BCUT2D eigenvalue weighted by Gasteiger charge is -2.10. The van der Waals surface area contributed by atoms with E-state index in [1.54, 1.807) is 25.3 Å². The summed E-state index contributed by atoms with van der Waals surface area (Å²) in [4.78, 5) is 16.1. The molecule has 2 aromatic rings. The number of aryl methyl sites for hydroxylation is 1. The SMILES string of the molecule is COc1nc(C)ccc1CNC(=O)NCCc1cccc(O)c1. The van der Waals surface area contributed by atoms with Gasteiger partial charge in [0.2, 0.25) is 5.88 Å². The molecule has 0 atom stereocenters. The quantitative estimate of drug-likeness (QED) is 0.762. The molecule has 0 bridgehead atoms. The van der Waals surface area contributed by atoms with Gasteiger partial charge in [-0.15, -0.1) is 0 Å². The number of pyridine rings is 1. The third-order valence-electron chi connectivity index (χ3n) is 3.32. The Morgan fingerprint density at radius 3 is 2.83 bits per heavy atom. The lowest BCUT2D eigenvalue weighted by molar-refractivity contribution is 0.240. The van der Waals surface area contributed by atoms with Gasteiger partial charge in [0.25, 0.3) is 0 Å². The number of phenolic OH excluding ortho intramolecular Hbond substituents is 1. The van der Waals surface area contributed by atoms with Crippen molar-refractivity contribution in [2.45, 2.75) is 19.9 Å². The van der Waals surface area contributed by atoms with Crippen molar-refractivity contribution in [2.75, 3.05) is 13.7 Å². The molecule has 6 heteroatoms. The minimum Gasteiger partial charge on any atom is -0.508 e. The van der Waals surface area contributed by atoms with E-state index in [-0.39, 0.29) is 11.8 Å². The van der Waals surface area contributed by atoms with E-state index in [2.05, 4.69) is 15.6 Å². The molecule has 0 saturated carbocycles. The molecule has 3 N–H and O–H groups in total. The number of phenols is 1. The van der Waals surface area contributed by atoms with E-state index < -0.39 is 0 Å². The summed E-state index contributed by atoms with van der Waals surface area (Å²) >= 11 is 0. The van der Waals surface area contributed by atoms with E-state index in [0.29, 0.717) is 25.4 Å². The average Bonchev–Trinajstić information content (AvgIpc) is 2.53. The van der Waals surface area contributed by atoms with Crippen LogP contribution in [0, 0.1) is 6.92 Å². The molecule has 0 unspecified atom stereocenters. The minimum atomic E-state index is -0.257. The number of amides is 2. The number of benzene rings is 1. The highest BCUT2D eigenvalue weighted by atomic mass is 16.5. The van der Waals surface area contributed by atoms with E-state index in [4.69, 9.17) is 4.74 Å². The summed E-state index contributed by atoms with van der Waals surface area (Å²) in [7, 11) is 1.56. The Morgan fingerprint density at radius 2 is 2.09 bits per heavy atom. The maximum absolute atomic E-state index is 11.8. The standard InChI is InChI=1S/C17H21N3O3/c1-12-6-7-14(16(20-12)23-2)11-19-17(22)18-9-8-13-4-3-5-15(21)10-13/h3-7,10,21H,8-9,11H2,1-2H3,(H2,18,19,22). The summed E-state index contributed by atoms with van der Waals surface area (Å²) < 4.78 is 5.20. The maximum Gasteiger partial charge on any atom is 0.315 e. The Morgan fingerprint density at radius 1 is 1.26 bits per heavy atom. The molecule has 1 aromatic heterocycles. The summed E-state index contributed by atoms with van der Waals surface area (Å²) in [6.45, 7) is 2.71. The van der Waals surface area contributed by atoms with Gasteiger partial charge in [-0.3, -0.25) is 0 Å². The Balaban J connectivity index is 1.77. The fraction of sp³-hybridized carbons (Fsp3) is 0.294. The van der Waals surface area contributed by atoms with E-state index in [0.717, 1.165) is 16.8 Å². The van der Waals surface area contributed by atoms with E-state index in [1.807, 2.05) is 25.1 Å². The molecule has 0 fully saturated rings. The van der Waals surface area contributed by atoms with Crippen molar-refractivity contribution >= 4 is 6.03 Å². The number of carbonyl (C=O) groups is 1. The van der Waals surface area contributed by atoms with Crippen molar-refractivity contribution in [1.82, 2.24) is 15.6 Å². The normalized spacial score (nSPS) is 10.2. The van der Waals surface area contributed by atoms with E-state index in [9.17, 15) is 9.90 Å². The fourth-order valence-electron chi connectivity index (χ4n) is 2.14. The number of nitrogens with zero attached hydrogens (tertiary/aromatic N) is 1. The Bertz CT molecular complexity index is 674. The van der Waals surface area contributed by atoms with Gasteiger partial charge in [0, 0.05) is 24.3 Å². The fourth-order valence-corrected chi connectivity index (χ4v) is 2.14. The third-order valence-corrected chi connectivity index (χ3v) is 3.32. The molecule has 6 nitrogen and oxygen atoms in total. The van der Waals surface area contributed by atoms with Gasteiger partial charge in [0.05, 0.1) is 7.11 Å². The highest BCUT2D eigenvalue weighted by Gasteiger charge is 2.07. The van der Waals surface area contributed by atoms with Gasteiger partial charge < -0.3 is 20.5 Å². The van der Waals surface area contributed by atoms with Crippen LogP contribution in [0.2, 0.25) is 0 Å². The second kappa shape index (κ2) is 8.03. The average molecular weight is 315 g/mol. The smallest absolute Gasteiger partial charge is 0.315 e. The number of ether oxygens (including phenoxy) is 1. The Labute approximate surface area is 135 Å². The van der Waals surface area contributed by atoms with Crippen molar-refractivity contribution in [2.24, 2.45) is 0 Å². The second-order valence-electron chi connectivity index (χ2n) is 5.15. The maximum atomic E-state index is 11.8. The van der Waals surface area contributed by atoms with Crippen molar-refractivity contribution < 1.29 is 14.6 Å². The zero-order valence-electron chi connectivity index (χ0n) is 13.3. The van der Waals surface area contributed by atoms with Gasteiger partial charge in [-0.25, -0.2) is 9.78 Å². The predicted octanol–water partition coefficient (Wildman–Crippen LogP) is 2.15. The number of aromatic hydroxyl groups is 1. The summed E-state index contributed by atoms with van der Waals surface area (Å²) in [6.07, 6.45) is 0.650. The first-order valence-electron chi connectivity index (χ1n) is 7.38. The minimum absolute atomic E-state index is 0.228. The lowest BCUT2D eigenvalue weighted by Crippen LogP contribution is -2.36. The molecule has 0 aliphatic rings. The first kappa shape index (κ1) is 16.6. The summed E-state index contributed by atoms with van der Waals surface area (Å²) in [5, 5.41) is 14.9. The van der Waals surface area contributed by atoms with Gasteiger partial charge in [-0.05, 0) is 37.1 Å². The molecule has 122 valence electrons. The topological polar surface area (TPSA) is 83.5 Å². The molecule has 2 rings (SSSR count). The Kier molecular flexibility index (Phi) is 5.80. The van der Waals surface area contributed by atoms with Crippen molar-refractivity contribution in [1.29, 1.82) is 0 Å². The highest BCUT2D eigenvalue weighted by Crippen LogP contribution is 2.15. The molecule has 0 saturated heterocycles. The van der Waals surface area contributed by atoms with Crippen LogP contribution in [0.3, 0.4) is 0 Å². The van der Waals surface area contributed by atoms with Gasteiger partial charge in [-0.2, -0.15) is 0 Å². The molecular weight excluding hydrogens is 294 g/mol. The highest BCUT2D eigenvalue weighted by molar-refractivity contribution is 5.73. The molecule has 0 aliphatic carbocycles. The number of hydrogen-bond acceptors (Lipinski definition) is 4. The van der Waals surface area contributed by atoms with E-state index >= 15 is 0 Å². The number of rotatable bonds is 6. The van der Waals surface area contributed by atoms with Crippen LogP contribution in [0.1, 0.15) is 16.8 Å². The van der Waals surface area contributed by atoms with Gasteiger partial charge in [0.15, 0.2) is 0 Å². The lowest BCUT2D eigenvalue weighted by atomic mass is 10.1. The van der Waals surface area contributed by atoms with Crippen LogP contribution in [0.5, 0.6) is 11.6 Å². The molecular formula is C17H21N3O3. The van der Waals surface area contributed by atoms with Crippen LogP contribution in [0.15, 0.2) is 36.4 Å². The Hall–Kier alpha value is -2.76. The van der Waals surface area contributed by atoms with Crippen molar-refractivity contribution in [3.05, 3.63) is 53.2 Å². The van der Waals surface area contributed by atoms with Crippen LogP contribution in [-0.2, 0) is 13.0 Å². The number of carbonyl (C=O) groups excluding carboxylic acids is 1. The summed E-state index contributed by atoms with van der Waals surface area (Å²) in [5.74, 6) is 0.746. The van der Waals surface area contributed by atoms with Crippen molar-refractivity contribution in [3.8, 4) is 11.6 Å². The molecule has 23 heavy (non-hydrogen) atoms. The van der Waals surface area contributed by atoms with Crippen LogP contribution in [0.4, 0.5) is 4.79 Å². The zero-order valence-corrected chi connectivity index (χ0v) is 13.3. The molecule has 2 amide bonds. The summed E-state index contributed by atoms with van der Waals surface area (Å²) in [6, 6.07) is 10.5. The summed E-state index contributed by atoms with van der Waals surface area (Å²) in [5.41, 5.74) is 2.65. The van der Waals surface area contributed by atoms with Crippen LogP contribution in [0.25, 0.3) is 0 Å². The zero-order chi connectivity index (χ0) is 16.7. The molecule has 1 aromatic carbocycles. The molecule has 0 spiro atoms. The first-order chi connectivity index (χ1) is 11.1.